The third-order valence-corrected chi connectivity index (χ3v) is 2.94. The highest BCUT2D eigenvalue weighted by atomic mass is 16.3. The van der Waals surface area contributed by atoms with E-state index in [1.165, 1.54) is 0 Å². The molecule has 1 aromatic heterocycles. The molecule has 0 fully saturated rings. The van der Waals surface area contributed by atoms with Crippen molar-refractivity contribution in [3.8, 4) is 0 Å². The number of oxazole rings is 1. The molecule has 0 aliphatic heterocycles. The summed E-state index contributed by atoms with van der Waals surface area (Å²) in [7, 11) is 0. The van der Waals surface area contributed by atoms with E-state index in [4.69, 9.17) is 9.52 Å². The van der Waals surface area contributed by atoms with E-state index in [0.29, 0.717) is 22.7 Å². The molecule has 1 heterocycles. The lowest BCUT2D eigenvalue weighted by molar-refractivity contribution is 0.229. The number of amides is 2. The van der Waals surface area contributed by atoms with Crippen LogP contribution in [0.5, 0.6) is 0 Å². The van der Waals surface area contributed by atoms with Crippen molar-refractivity contribution in [1.29, 1.82) is 0 Å². The van der Waals surface area contributed by atoms with Crippen LogP contribution in [0.2, 0.25) is 0 Å². The van der Waals surface area contributed by atoms with Crippen molar-refractivity contribution in [2.75, 3.05) is 11.9 Å². The highest BCUT2D eigenvalue weighted by Gasteiger charge is 2.21. The molecule has 0 radical (unpaired) electrons. The Balaban J connectivity index is 2.17. The second kappa shape index (κ2) is 5.73. The number of aliphatic hydroxyl groups is 1. The smallest absolute Gasteiger partial charge is 0.319 e. The molecule has 114 valence electrons. The van der Waals surface area contributed by atoms with Gasteiger partial charge in [0.25, 0.3) is 0 Å². The molecule has 0 aliphatic rings. The predicted octanol–water partition coefficient (Wildman–Crippen LogP) is 2.63. The first-order chi connectivity index (χ1) is 9.79. The van der Waals surface area contributed by atoms with E-state index in [1.54, 1.807) is 25.1 Å². The summed E-state index contributed by atoms with van der Waals surface area (Å²) in [6.07, 6.45) is 0. The Morgan fingerprint density at radius 3 is 2.76 bits per heavy atom. The van der Waals surface area contributed by atoms with Crippen molar-refractivity contribution in [3.63, 3.8) is 0 Å². The number of carbonyl (C=O) groups excluding carboxylic acids is 1. The van der Waals surface area contributed by atoms with Gasteiger partial charge >= 0.3 is 6.03 Å². The Bertz CT molecular complexity index is 643. The standard InChI is InChI=1S/C15H21N3O3/c1-9(8-19)16-14(20)17-10-5-6-12-11(7-10)18-13(21-12)15(2,3)4/h5-7,9,19H,8H2,1-4H3,(H2,16,17,20). The van der Waals surface area contributed by atoms with Crippen LogP contribution in [0.1, 0.15) is 33.6 Å². The third-order valence-electron chi connectivity index (χ3n) is 2.94. The van der Waals surface area contributed by atoms with Gasteiger partial charge in [-0.05, 0) is 25.1 Å². The van der Waals surface area contributed by atoms with Crippen molar-refractivity contribution in [2.24, 2.45) is 0 Å². The molecule has 21 heavy (non-hydrogen) atoms. The zero-order valence-corrected chi connectivity index (χ0v) is 12.7. The fourth-order valence-corrected chi connectivity index (χ4v) is 1.76. The van der Waals surface area contributed by atoms with Gasteiger partial charge in [0.05, 0.1) is 12.6 Å². The topological polar surface area (TPSA) is 87.4 Å². The number of carbonyl (C=O) groups is 1. The fraction of sp³-hybridized carbons (Fsp3) is 0.467. The van der Waals surface area contributed by atoms with Crippen molar-refractivity contribution in [1.82, 2.24) is 10.3 Å². The highest BCUT2D eigenvalue weighted by Crippen LogP contribution is 2.27. The summed E-state index contributed by atoms with van der Waals surface area (Å²) >= 11 is 0. The first-order valence-corrected chi connectivity index (χ1v) is 6.89. The lowest BCUT2D eigenvalue weighted by atomic mass is 9.97. The Morgan fingerprint density at radius 2 is 2.14 bits per heavy atom. The number of urea groups is 1. The SMILES string of the molecule is CC(CO)NC(=O)Nc1ccc2oc(C(C)(C)C)nc2c1. The molecule has 0 saturated carbocycles. The molecule has 1 unspecified atom stereocenters. The number of aliphatic hydroxyl groups excluding tert-OH is 1. The zero-order chi connectivity index (χ0) is 15.6. The largest absolute Gasteiger partial charge is 0.440 e. The van der Waals surface area contributed by atoms with Gasteiger partial charge < -0.3 is 20.2 Å². The monoisotopic (exact) mass is 291 g/mol. The number of hydrogen-bond acceptors (Lipinski definition) is 4. The van der Waals surface area contributed by atoms with Crippen molar-refractivity contribution in [2.45, 2.75) is 39.2 Å². The van der Waals surface area contributed by atoms with Crippen molar-refractivity contribution < 1.29 is 14.3 Å². The first-order valence-electron chi connectivity index (χ1n) is 6.89. The lowest BCUT2D eigenvalue weighted by Gasteiger charge is -2.11. The summed E-state index contributed by atoms with van der Waals surface area (Å²) in [5.74, 6) is 0.660. The van der Waals surface area contributed by atoms with Crippen LogP contribution in [0.3, 0.4) is 0 Å². The van der Waals surface area contributed by atoms with Gasteiger partial charge in [0.1, 0.15) is 5.52 Å². The molecule has 1 aromatic carbocycles. The van der Waals surface area contributed by atoms with Gasteiger partial charge in [0, 0.05) is 11.1 Å². The van der Waals surface area contributed by atoms with E-state index in [2.05, 4.69) is 15.6 Å². The van der Waals surface area contributed by atoms with E-state index in [9.17, 15) is 4.79 Å². The van der Waals surface area contributed by atoms with E-state index < -0.39 is 0 Å². The summed E-state index contributed by atoms with van der Waals surface area (Å²) in [6, 6.07) is 4.63. The number of rotatable bonds is 3. The Hall–Kier alpha value is -2.08. The van der Waals surface area contributed by atoms with Crippen LogP contribution in [0.4, 0.5) is 10.5 Å². The maximum Gasteiger partial charge on any atom is 0.319 e. The molecular weight excluding hydrogens is 270 g/mol. The van der Waals surface area contributed by atoms with Gasteiger partial charge in [0.2, 0.25) is 5.89 Å². The van der Waals surface area contributed by atoms with Crippen molar-refractivity contribution in [3.05, 3.63) is 24.1 Å². The maximum atomic E-state index is 11.7. The van der Waals surface area contributed by atoms with Gasteiger partial charge in [-0.25, -0.2) is 9.78 Å². The first kappa shape index (κ1) is 15.3. The lowest BCUT2D eigenvalue weighted by Crippen LogP contribution is -2.38. The number of nitrogens with one attached hydrogen (secondary N) is 2. The second-order valence-electron chi connectivity index (χ2n) is 6.13. The molecule has 0 spiro atoms. The minimum atomic E-state index is -0.365. The average molecular weight is 291 g/mol. The summed E-state index contributed by atoms with van der Waals surface area (Å²) in [5, 5.41) is 14.2. The Labute approximate surface area is 123 Å². The zero-order valence-electron chi connectivity index (χ0n) is 12.7. The van der Waals surface area contributed by atoms with E-state index >= 15 is 0 Å². The quantitative estimate of drug-likeness (QED) is 0.811. The third kappa shape index (κ3) is 3.72. The number of benzene rings is 1. The summed E-state index contributed by atoms with van der Waals surface area (Å²) < 4.78 is 5.70. The Kier molecular flexibility index (Phi) is 4.18. The van der Waals surface area contributed by atoms with Gasteiger partial charge in [0.15, 0.2) is 5.58 Å². The van der Waals surface area contributed by atoms with Crippen LogP contribution < -0.4 is 10.6 Å². The van der Waals surface area contributed by atoms with E-state index in [-0.39, 0.29) is 24.1 Å². The number of nitrogens with zero attached hydrogens (tertiary/aromatic N) is 1. The van der Waals surface area contributed by atoms with Gasteiger partial charge in [-0.3, -0.25) is 0 Å². The van der Waals surface area contributed by atoms with Gasteiger partial charge in [-0.2, -0.15) is 0 Å². The van der Waals surface area contributed by atoms with E-state index in [1.807, 2.05) is 20.8 Å². The molecule has 0 saturated heterocycles. The number of hydrogen-bond donors (Lipinski definition) is 3. The molecule has 0 bridgehead atoms. The number of fused-ring (bicyclic) bond motifs is 1. The molecule has 6 heteroatoms. The maximum absolute atomic E-state index is 11.7. The number of aromatic nitrogens is 1. The average Bonchev–Trinajstić information content (AvgIpc) is 2.81. The minimum Gasteiger partial charge on any atom is -0.440 e. The van der Waals surface area contributed by atoms with Gasteiger partial charge in [-0.1, -0.05) is 20.8 Å². The molecule has 2 amide bonds. The Morgan fingerprint density at radius 1 is 1.43 bits per heavy atom. The molecule has 0 aliphatic carbocycles. The van der Waals surface area contributed by atoms with Crippen LogP contribution in [-0.4, -0.2) is 28.8 Å². The van der Waals surface area contributed by atoms with E-state index in [0.717, 1.165) is 0 Å². The molecule has 1 atom stereocenters. The molecule has 3 N–H and O–H groups in total. The summed E-state index contributed by atoms with van der Waals surface area (Å²) in [4.78, 5) is 16.2. The van der Waals surface area contributed by atoms with Crippen molar-refractivity contribution >= 4 is 22.8 Å². The summed E-state index contributed by atoms with van der Waals surface area (Å²) in [6.45, 7) is 7.70. The minimum absolute atomic E-state index is 0.106. The number of anilines is 1. The molecule has 6 nitrogen and oxygen atoms in total. The molecular formula is C15H21N3O3. The predicted molar refractivity (Wildman–Crippen MR) is 81.4 cm³/mol. The van der Waals surface area contributed by atoms with Crippen LogP contribution in [0.15, 0.2) is 22.6 Å². The normalized spacial score (nSPS) is 13.2. The van der Waals surface area contributed by atoms with Gasteiger partial charge in [-0.15, -0.1) is 0 Å². The highest BCUT2D eigenvalue weighted by molar-refractivity contribution is 5.91. The second-order valence-corrected chi connectivity index (χ2v) is 6.13. The fourth-order valence-electron chi connectivity index (χ4n) is 1.76. The molecule has 2 aromatic rings. The molecule has 2 rings (SSSR count). The van der Waals surface area contributed by atoms with Crippen LogP contribution >= 0.6 is 0 Å². The van der Waals surface area contributed by atoms with Crippen LogP contribution in [0.25, 0.3) is 11.1 Å². The summed E-state index contributed by atoms with van der Waals surface area (Å²) in [5.41, 5.74) is 1.85. The van der Waals surface area contributed by atoms with Crippen LogP contribution in [-0.2, 0) is 5.41 Å². The van der Waals surface area contributed by atoms with Crippen LogP contribution in [0, 0.1) is 0 Å².